The minimum Gasteiger partial charge on any atom is -0.444 e. The van der Waals surface area contributed by atoms with Gasteiger partial charge in [0.1, 0.15) is 5.60 Å². The van der Waals surface area contributed by atoms with Crippen LogP contribution >= 0.6 is 15.9 Å². The van der Waals surface area contributed by atoms with Gasteiger partial charge < -0.3 is 14.7 Å². The zero-order valence-corrected chi connectivity index (χ0v) is 13.6. The van der Waals surface area contributed by atoms with Crippen molar-refractivity contribution in [3.63, 3.8) is 0 Å². The van der Waals surface area contributed by atoms with Crippen molar-refractivity contribution in [2.45, 2.75) is 38.4 Å². The largest absolute Gasteiger partial charge is 0.444 e. The van der Waals surface area contributed by atoms with E-state index in [4.69, 9.17) is 4.74 Å². The predicted octanol–water partition coefficient (Wildman–Crippen LogP) is 3.14. The van der Waals surface area contributed by atoms with Crippen molar-refractivity contribution in [1.82, 2.24) is 4.90 Å². The average Bonchev–Trinajstić information content (AvgIpc) is 2.69. The Morgan fingerprint density at radius 1 is 1.40 bits per heavy atom. The van der Waals surface area contributed by atoms with Crippen LogP contribution in [-0.4, -0.2) is 40.9 Å². The fraction of sp³-hybridized carbons (Fsp3) is 0.533. The molecule has 110 valence electrons. The van der Waals surface area contributed by atoms with E-state index in [1.165, 1.54) is 0 Å². The molecule has 1 saturated heterocycles. The Morgan fingerprint density at radius 2 is 2.10 bits per heavy atom. The van der Waals surface area contributed by atoms with E-state index in [2.05, 4.69) is 15.9 Å². The Bertz CT molecular complexity index is 498. The molecule has 5 heteroatoms. The number of β-amino-alcohol motifs (C(OH)–C–C–N with tert-alkyl or cyclic N) is 1. The first-order valence-electron chi connectivity index (χ1n) is 6.68. The van der Waals surface area contributed by atoms with Crippen LogP contribution in [0.3, 0.4) is 0 Å². The normalized spacial score (nSPS) is 22.9. The number of carbonyl (C=O) groups excluding carboxylic acids is 1. The number of nitrogens with zero attached hydrogens (tertiary/aromatic N) is 1. The first-order chi connectivity index (χ1) is 9.26. The van der Waals surface area contributed by atoms with Crippen molar-refractivity contribution in [3.05, 3.63) is 34.3 Å². The summed E-state index contributed by atoms with van der Waals surface area (Å²) in [5, 5.41) is 10.2. The van der Waals surface area contributed by atoms with Crippen LogP contribution in [0.5, 0.6) is 0 Å². The molecule has 0 spiro atoms. The van der Waals surface area contributed by atoms with Crippen LogP contribution in [0.15, 0.2) is 28.7 Å². The Labute approximate surface area is 127 Å². The number of benzene rings is 1. The lowest BCUT2D eigenvalue weighted by Gasteiger charge is -2.24. The molecule has 1 amide bonds. The van der Waals surface area contributed by atoms with Crippen LogP contribution in [-0.2, 0) is 4.74 Å². The number of aliphatic hydroxyl groups is 1. The van der Waals surface area contributed by atoms with Gasteiger partial charge in [0, 0.05) is 16.9 Å². The number of likely N-dealkylation sites (tertiary alicyclic amines) is 1. The average molecular weight is 342 g/mol. The van der Waals surface area contributed by atoms with Crippen LogP contribution in [0.4, 0.5) is 4.79 Å². The molecule has 1 aliphatic heterocycles. The number of carbonyl (C=O) groups is 1. The van der Waals surface area contributed by atoms with Gasteiger partial charge in [-0.3, -0.25) is 0 Å². The topological polar surface area (TPSA) is 49.8 Å². The highest BCUT2D eigenvalue weighted by atomic mass is 79.9. The molecule has 2 atom stereocenters. The van der Waals surface area contributed by atoms with E-state index in [9.17, 15) is 9.90 Å². The first kappa shape index (κ1) is 15.3. The summed E-state index contributed by atoms with van der Waals surface area (Å²) in [6, 6.07) is 7.82. The Hall–Kier alpha value is -1.07. The highest BCUT2D eigenvalue weighted by Crippen LogP contribution is 2.30. The van der Waals surface area contributed by atoms with Crippen LogP contribution in [0, 0.1) is 0 Å². The molecule has 2 unspecified atom stereocenters. The minimum absolute atomic E-state index is 0.0694. The van der Waals surface area contributed by atoms with E-state index in [1.54, 1.807) is 4.90 Å². The van der Waals surface area contributed by atoms with Gasteiger partial charge in [-0.25, -0.2) is 4.79 Å². The monoisotopic (exact) mass is 341 g/mol. The molecule has 1 fully saturated rings. The second-order valence-electron chi connectivity index (χ2n) is 6.11. The fourth-order valence-electron chi connectivity index (χ4n) is 2.33. The molecule has 1 aromatic rings. The smallest absolute Gasteiger partial charge is 0.410 e. The standard InChI is InChI=1S/C15H20BrNO3/c1-15(2,3)20-14(19)17-8-12(13(18)9-17)10-5-4-6-11(16)7-10/h4-7,12-13,18H,8-9H2,1-3H3. The second kappa shape index (κ2) is 5.74. The summed E-state index contributed by atoms with van der Waals surface area (Å²) in [5.41, 5.74) is 0.508. The summed E-state index contributed by atoms with van der Waals surface area (Å²) >= 11 is 3.43. The van der Waals surface area contributed by atoms with Crippen molar-refractivity contribution < 1.29 is 14.6 Å². The summed E-state index contributed by atoms with van der Waals surface area (Å²) < 4.78 is 6.31. The SMILES string of the molecule is CC(C)(C)OC(=O)N1CC(O)C(c2cccc(Br)c2)C1. The van der Waals surface area contributed by atoms with Crippen LogP contribution in [0.1, 0.15) is 32.3 Å². The molecule has 20 heavy (non-hydrogen) atoms. The molecule has 1 aliphatic rings. The molecule has 4 nitrogen and oxygen atoms in total. The summed E-state index contributed by atoms with van der Waals surface area (Å²) in [4.78, 5) is 13.6. The van der Waals surface area contributed by atoms with E-state index in [0.717, 1.165) is 10.0 Å². The number of aliphatic hydroxyl groups excluding tert-OH is 1. The lowest BCUT2D eigenvalue weighted by atomic mass is 9.96. The minimum atomic E-state index is -0.559. The highest BCUT2D eigenvalue weighted by molar-refractivity contribution is 9.10. The molecule has 0 aromatic heterocycles. The molecule has 0 bridgehead atoms. The zero-order chi connectivity index (χ0) is 14.9. The van der Waals surface area contributed by atoms with Gasteiger partial charge >= 0.3 is 6.09 Å². The van der Waals surface area contributed by atoms with Gasteiger partial charge in [0.25, 0.3) is 0 Å². The van der Waals surface area contributed by atoms with E-state index in [0.29, 0.717) is 13.1 Å². The second-order valence-corrected chi connectivity index (χ2v) is 7.03. The number of ether oxygens (including phenoxy) is 1. The van der Waals surface area contributed by atoms with Crippen LogP contribution < -0.4 is 0 Å². The quantitative estimate of drug-likeness (QED) is 0.853. The fourth-order valence-corrected chi connectivity index (χ4v) is 2.74. The van der Waals surface area contributed by atoms with Gasteiger partial charge in [0.2, 0.25) is 0 Å². The summed E-state index contributed by atoms with van der Waals surface area (Å²) in [5.74, 6) is -0.0694. The Kier molecular flexibility index (Phi) is 4.39. The first-order valence-corrected chi connectivity index (χ1v) is 7.47. The van der Waals surface area contributed by atoms with Gasteiger partial charge in [0.05, 0.1) is 12.6 Å². The molecule has 1 aromatic carbocycles. The third-order valence-electron chi connectivity index (χ3n) is 3.22. The van der Waals surface area contributed by atoms with Gasteiger partial charge in [-0.05, 0) is 38.5 Å². The van der Waals surface area contributed by atoms with Gasteiger partial charge in [-0.1, -0.05) is 28.1 Å². The van der Waals surface area contributed by atoms with Crippen molar-refractivity contribution in [3.8, 4) is 0 Å². The van der Waals surface area contributed by atoms with Crippen molar-refractivity contribution >= 4 is 22.0 Å². The summed E-state index contributed by atoms with van der Waals surface area (Å²) in [6.45, 7) is 6.30. The maximum atomic E-state index is 12.0. The van der Waals surface area contributed by atoms with Gasteiger partial charge in [-0.15, -0.1) is 0 Å². The molecule has 2 rings (SSSR count). The number of amides is 1. The summed E-state index contributed by atoms with van der Waals surface area (Å²) in [6.07, 6.45) is -0.925. The van der Waals surface area contributed by atoms with E-state index < -0.39 is 11.7 Å². The van der Waals surface area contributed by atoms with Crippen molar-refractivity contribution in [2.24, 2.45) is 0 Å². The van der Waals surface area contributed by atoms with Crippen molar-refractivity contribution in [2.75, 3.05) is 13.1 Å². The molecule has 0 saturated carbocycles. The third-order valence-corrected chi connectivity index (χ3v) is 3.71. The maximum Gasteiger partial charge on any atom is 0.410 e. The van der Waals surface area contributed by atoms with Crippen LogP contribution in [0.25, 0.3) is 0 Å². The molecular weight excluding hydrogens is 322 g/mol. The van der Waals surface area contributed by atoms with E-state index in [1.807, 2.05) is 45.0 Å². The lowest BCUT2D eigenvalue weighted by molar-refractivity contribution is 0.0270. The Morgan fingerprint density at radius 3 is 2.70 bits per heavy atom. The molecule has 0 aliphatic carbocycles. The van der Waals surface area contributed by atoms with Gasteiger partial charge in [0.15, 0.2) is 0 Å². The number of rotatable bonds is 1. The number of hydrogen-bond donors (Lipinski definition) is 1. The third kappa shape index (κ3) is 3.73. The zero-order valence-electron chi connectivity index (χ0n) is 12.0. The van der Waals surface area contributed by atoms with Crippen LogP contribution in [0.2, 0.25) is 0 Å². The Balaban J connectivity index is 2.07. The number of hydrogen-bond acceptors (Lipinski definition) is 3. The summed E-state index contributed by atoms with van der Waals surface area (Å²) in [7, 11) is 0. The molecule has 1 N–H and O–H groups in total. The molecule has 0 radical (unpaired) electrons. The van der Waals surface area contributed by atoms with Gasteiger partial charge in [-0.2, -0.15) is 0 Å². The molecule has 1 heterocycles. The van der Waals surface area contributed by atoms with E-state index >= 15 is 0 Å². The lowest BCUT2D eigenvalue weighted by Crippen LogP contribution is -2.35. The predicted molar refractivity (Wildman–Crippen MR) is 80.7 cm³/mol. The number of halogens is 1. The van der Waals surface area contributed by atoms with E-state index in [-0.39, 0.29) is 12.0 Å². The molecular formula is C15H20BrNO3. The van der Waals surface area contributed by atoms with Crippen molar-refractivity contribution in [1.29, 1.82) is 0 Å². The highest BCUT2D eigenvalue weighted by Gasteiger charge is 2.36. The maximum absolute atomic E-state index is 12.0.